The quantitative estimate of drug-likeness (QED) is 0.233. The minimum absolute atomic E-state index is 0. The smallest absolute Gasteiger partial charge is 0.466 e. The largest absolute Gasteiger partial charge is 3.00 e. The predicted molar refractivity (Wildman–Crippen MR) is 133 cm³/mol. The van der Waals surface area contributed by atoms with Crippen LogP contribution < -0.4 is 0 Å². The van der Waals surface area contributed by atoms with Gasteiger partial charge in [0.2, 0.25) is 0 Å². The van der Waals surface area contributed by atoms with E-state index in [9.17, 15) is 0 Å². The van der Waals surface area contributed by atoms with Gasteiger partial charge >= 0.3 is 20.1 Å². The Balaban J connectivity index is 0.000000168. The molecular formula is C27H24IrN9. The van der Waals surface area contributed by atoms with Gasteiger partial charge in [-0.05, 0) is 12.1 Å². The maximum atomic E-state index is 4.64. The molecule has 0 bridgehead atoms. The number of hydrogen-bond acceptors (Lipinski definition) is 5. The van der Waals surface area contributed by atoms with E-state index in [1.165, 1.54) is 0 Å². The third kappa shape index (κ3) is 7.93. The standard InChI is InChI=1S/C15H13N3.C12H11N6.Ir/c1-2-9-17(8-1)12-14-6-5-7-15(16-14)13-18-10-3-4-11-18;1-2-11(9-17-13-4-5-14-17)8-12(3-1)10-18-15-6-7-16-18;/h1-8,10H,12-13H2;1-7H,9-10H2;/q-2;-1;+3. The summed E-state index contributed by atoms with van der Waals surface area (Å²) in [7, 11) is 0. The number of hydrogen-bond donors (Lipinski definition) is 0. The molecule has 5 heterocycles. The monoisotopic (exact) mass is 667 g/mol. The van der Waals surface area contributed by atoms with E-state index in [1.807, 2.05) is 82.2 Å². The van der Waals surface area contributed by atoms with Gasteiger partial charge in [-0.15, -0.1) is 35.9 Å². The van der Waals surface area contributed by atoms with Crippen molar-refractivity contribution in [2.75, 3.05) is 0 Å². The fraction of sp³-hybridized carbons (Fsp3) is 0.148. The van der Waals surface area contributed by atoms with E-state index in [4.69, 9.17) is 0 Å². The second-order valence-corrected chi connectivity index (χ2v) is 7.97. The first kappa shape index (κ1) is 25.9. The molecule has 0 atom stereocenters. The number of pyridine rings is 1. The van der Waals surface area contributed by atoms with Gasteiger partial charge in [0.25, 0.3) is 0 Å². The van der Waals surface area contributed by atoms with Crippen LogP contribution in [0.25, 0.3) is 0 Å². The Hall–Kier alpha value is -4.14. The van der Waals surface area contributed by atoms with Crippen LogP contribution in [0.2, 0.25) is 0 Å². The summed E-state index contributed by atoms with van der Waals surface area (Å²) < 4.78 is 3.99. The summed E-state index contributed by atoms with van der Waals surface area (Å²) >= 11 is 0. The molecule has 0 spiro atoms. The van der Waals surface area contributed by atoms with Gasteiger partial charge in [-0.2, -0.15) is 78.5 Å². The van der Waals surface area contributed by atoms with Crippen LogP contribution in [0.5, 0.6) is 0 Å². The number of benzene rings is 1. The van der Waals surface area contributed by atoms with Gasteiger partial charge < -0.3 is 9.13 Å². The minimum atomic E-state index is 0. The normalized spacial score (nSPS) is 10.4. The molecule has 37 heavy (non-hydrogen) atoms. The summed E-state index contributed by atoms with van der Waals surface area (Å²) in [4.78, 5) is 7.89. The fourth-order valence-corrected chi connectivity index (χ4v) is 3.62. The Morgan fingerprint density at radius 2 is 1.03 bits per heavy atom. The molecule has 5 aromatic heterocycles. The Labute approximate surface area is 228 Å². The molecule has 0 amide bonds. The van der Waals surface area contributed by atoms with Crippen molar-refractivity contribution in [3.63, 3.8) is 0 Å². The summed E-state index contributed by atoms with van der Waals surface area (Å²) in [6, 6.07) is 23.2. The van der Waals surface area contributed by atoms with Crippen LogP contribution in [0, 0.1) is 18.5 Å². The van der Waals surface area contributed by atoms with Crippen molar-refractivity contribution in [1.29, 1.82) is 0 Å². The van der Waals surface area contributed by atoms with Crippen LogP contribution in [0.4, 0.5) is 0 Å². The zero-order valence-electron chi connectivity index (χ0n) is 19.9. The topological polar surface area (TPSA) is 84.2 Å². The third-order valence-electron chi connectivity index (χ3n) is 5.21. The molecule has 1 aromatic carbocycles. The van der Waals surface area contributed by atoms with Gasteiger partial charge in [-0.25, -0.2) is 0 Å². The maximum absolute atomic E-state index is 4.64. The summed E-state index contributed by atoms with van der Waals surface area (Å²) in [5.41, 5.74) is 4.17. The Kier molecular flexibility index (Phi) is 9.29. The van der Waals surface area contributed by atoms with Gasteiger partial charge in [0.15, 0.2) is 0 Å². The fourth-order valence-electron chi connectivity index (χ4n) is 3.62. The molecule has 10 heteroatoms. The molecule has 0 aliphatic carbocycles. The Bertz CT molecular complexity index is 1210. The number of rotatable bonds is 8. The van der Waals surface area contributed by atoms with E-state index in [0.717, 1.165) is 35.6 Å². The summed E-state index contributed by atoms with van der Waals surface area (Å²) in [6.07, 6.45) is 16.9. The van der Waals surface area contributed by atoms with Crippen molar-refractivity contribution in [3.05, 3.63) is 139 Å². The Morgan fingerprint density at radius 1 is 0.568 bits per heavy atom. The molecule has 0 aliphatic rings. The van der Waals surface area contributed by atoms with Crippen molar-refractivity contribution in [2.24, 2.45) is 0 Å². The van der Waals surface area contributed by atoms with Crippen LogP contribution in [-0.4, -0.2) is 44.1 Å². The average molecular weight is 667 g/mol. The van der Waals surface area contributed by atoms with E-state index < -0.39 is 0 Å². The van der Waals surface area contributed by atoms with Crippen molar-refractivity contribution in [3.8, 4) is 0 Å². The molecule has 0 fully saturated rings. The van der Waals surface area contributed by atoms with E-state index in [-0.39, 0.29) is 20.1 Å². The third-order valence-corrected chi connectivity index (χ3v) is 5.21. The molecule has 0 aliphatic heterocycles. The van der Waals surface area contributed by atoms with Crippen LogP contribution in [0.15, 0.2) is 97.8 Å². The summed E-state index contributed by atoms with van der Waals surface area (Å²) in [5.74, 6) is 0. The maximum Gasteiger partial charge on any atom is 3.00 e. The van der Waals surface area contributed by atoms with E-state index in [0.29, 0.717) is 13.1 Å². The Morgan fingerprint density at radius 3 is 1.46 bits per heavy atom. The molecule has 9 nitrogen and oxygen atoms in total. The molecule has 0 radical (unpaired) electrons. The van der Waals surface area contributed by atoms with Crippen molar-refractivity contribution in [2.45, 2.75) is 26.2 Å². The molecule has 6 rings (SSSR count). The first-order valence-electron chi connectivity index (χ1n) is 11.5. The van der Waals surface area contributed by atoms with Crippen molar-refractivity contribution < 1.29 is 20.1 Å². The molecule has 0 saturated carbocycles. The van der Waals surface area contributed by atoms with Crippen LogP contribution in [0.1, 0.15) is 22.5 Å². The minimum Gasteiger partial charge on any atom is -0.466 e. The number of nitrogens with zero attached hydrogens (tertiary/aromatic N) is 9. The average Bonchev–Trinajstić information content (AvgIpc) is 3.70. The molecule has 0 unspecified atom stereocenters. The van der Waals surface area contributed by atoms with Crippen LogP contribution in [0.3, 0.4) is 0 Å². The number of aromatic nitrogens is 9. The van der Waals surface area contributed by atoms with Gasteiger partial charge in [-0.3, -0.25) is 4.98 Å². The zero-order chi connectivity index (χ0) is 24.4. The van der Waals surface area contributed by atoms with E-state index in [2.05, 4.69) is 43.8 Å². The molecule has 0 N–H and O–H groups in total. The van der Waals surface area contributed by atoms with E-state index >= 15 is 0 Å². The molecule has 0 saturated heterocycles. The van der Waals surface area contributed by atoms with Crippen molar-refractivity contribution >= 4 is 0 Å². The van der Waals surface area contributed by atoms with Gasteiger partial charge in [0.05, 0.1) is 49.3 Å². The second-order valence-electron chi connectivity index (χ2n) is 7.97. The first-order chi connectivity index (χ1) is 17.8. The van der Waals surface area contributed by atoms with Crippen molar-refractivity contribution in [1.82, 2.24) is 44.1 Å². The van der Waals surface area contributed by atoms with Crippen LogP contribution >= 0.6 is 0 Å². The van der Waals surface area contributed by atoms with Gasteiger partial charge in [0.1, 0.15) is 0 Å². The summed E-state index contributed by atoms with van der Waals surface area (Å²) in [5, 5.41) is 16.3. The molecular weight excluding hydrogens is 643 g/mol. The zero-order valence-corrected chi connectivity index (χ0v) is 22.3. The van der Waals surface area contributed by atoms with Gasteiger partial charge in [0, 0.05) is 13.1 Å². The SMILES string of the molecule is [Ir+3].[c-]1c(Cn2nccn2)cccc1Cn1nccn1.[c-]1cccn1Cc1cccc(Cn2[c-]ccc2)n1. The van der Waals surface area contributed by atoms with Crippen LogP contribution in [-0.2, 0) is 46.3 Å². The molecule has 6 aromatic rings. The predicted octanol–water partition coefficient (Wildman–Crippen LogP) is 3.15. The van der Waals surface area contributed by atoms with Gasteiger partial charge in [-0.1, -0.05) is 6.07 Å². The first-order valence-corrected chi connectivity index (χ1v) is 11.5. The second kappa shape index (κ2) is 13.2. The summed E-state index contributed by atoms with van der Waals surface area (Å²) in [6.45, 7) is 2.76. The molecule has 186 valence electrons. The van der Waals surface area contributed by atoms with E-state index in [1.54, 1.807) is 34.4 Å².